The zero-order chi connectivity index (χ0) is 56.1. The first-order valence-corrected chi connectivity index (χ1v) is 33.1. The van der Waals surface area contributed by atoms with Crippen LogP contribution in [0, 0.1) is 93.3 Å². The summed E-state index contributed by atoms with van der Waals surface area (Å²) in [5.41, 5.74) is -0.842. The smallest absolute Gasteiger partial charge is 0.312 e. The lowest BCUT2D eigenvalue weighted by Gasteiger charge is -2.62. The second-order valence-electron chi connectivity index (χ2n) is 27.6. The molecule has 20 atom stereocenters. The predicted octanol–water partition coefficient (Wildman–Crippen LogP) is 7.31. The van der Waals surface area contributed by atoms with Crippen LogP contribution in [0.1, 0.15) is 189 Å². The van der Waals surface area contributed by atoms with Crippen molar-refractivity contribution in [2.24, 2.45) is 86.8 Å². The van der Waals surface area contributed by atoms with E-state index >= 15 is 0 Å². The van der Waals surface area contributed by atoms with Gasteiger partial charge in [0.15, 0.2) is 0 Å². The number of rotatable bonds is 20. The van der Waals surface area contributed by atoms with Crippen LogP contribution in [0.4, 0.5) is 0 Å². The van der Waals surface area contributed by atoms with E-state index in [1.807, 2.05) is 0 Å². The fourth-order valence-corrected chi connectivity index (χ4v) is 20.7. The molecule has 8 N–H and O–H groups in total. The highest BCUT2D eigenvalue weighted by Crippen LogP contribution is 2.72. The molecular weight excluding hydrogens is 1020 g/mol. The Hall–Kier alpha value is -2.89. The van der Waals surface area contributed by atoms with Crippen molar-refractivity contribution in [2.45, 2.75) is 219 Å². The third kappa shape index (κ3) is 12.2. The van der Waals surface area contributed by atoms with E-state index in [4.69, 9.17) is 20.5 Å². The van der Waals surface area contributed by atoms with Crippen LogP contribution >= 0.6 is 0 Å². The first kappa shape index (κ1) is 60.2. The summed E-state index contributed by atoms with van der Waals surface area (Å²) in [6, 6.07) is 0.0271. The molecule has 0 aromatic heterocycles. The molecule has 8 aliphatic carbocycles. The number of aliphatic hydroxyl groups excluding tert-OH is 2. The molecule has 436 valence electrons. The van der Waals surface area contributed by atoms with Crippen molar-refractivity contribution in [1.29, 1.82) is 0 Å². The summed E-state index contributed by atoms with van der Waals surface area (Å²) in [6.07, 6.45) is 16.4. The summed E-state index contributed by atoms with van der Waals surface area (Å²) < 4.78 is 62.3. The second kappa shape index (κ2) is 23.2. The topological polar surface area (TPSA) is 270 Å². The van der Waals surface area contributed by atoms with Gasteiger partial charge in [-0.15, -0.1) is 0 Å². The lowest BCUT2D eigenvalue weighted by atomic mass is 9.40. The van der Waals surface area contributed by atoms with Gasteiger partial charge in [0, 0.05) is 50.9 Å². The van der Waals surface area contributed by atoms with Crippen LogP contribution in [-0.4, -0.2) is 114 Å². The van der Waals surface area contributed by atoms with Gasteiger partial charge in [-0.25, -0.2) is 0 Å². The Morgan fingerprint density at radius 1 is 0.571 bits per heavy atom. The van der Waals surface area contributed by atoms with Gasteiger partial charge < -0.3 is 31.5 Å². The van der Waals surface area contributed by atoms with Gasteiger partial charge >= 0.3 is 5.54 Å². The summed E-state index contributed by atoms with van der Waals surface area (Å²) in [6.45, 7) is 20.2. The minimum Gasteiger partial charge on any atom is -0.393 e. The Bertz CT molecular complexity index is 2460. The number of fused-ring (bicyclic) bond motifs is 10. The van der Waals surface area contributed by atoms with Crippen LogP contribution < -0.4 is 21.3 Å². The number of hydrogen-bond donors (Lipinski definition) is 8. The predicted molar refractivity (Wildman–Crippen MR) is 294 cm³/mol. The van der Waals surface area contributed by atoms with E-state index in [2.05, 4.69) is 62.8 Å². The Morgan fingerprint density at radius 3 is 1.58 bits per heavy atom. The fourth-order valence-electron chi connectivity index (χ4n) is 19.9. The van der Waals surface area contributed by atoms with Gasteiger partial charge in [0.25, 0.3) is 26.8 Å². The molecule has 2 unspecified atom stereocenters. The van der Waals surface area contributed by atoms with Crippen molar-refractivity contribution in [3.63, 3.8) is 0 Å². The normalized spacial score (nSPS) is 42.1. The largest absolute Gasteiger partial charge is 0.393 e. The van der Waals surface area contributed by atoms with Crippen molar-refractivity contribution < 1.29 is 55.3 Å². The number of carbonyl (C=O) groups is 4. The molecule has 0 radical (unpaired) electrons. The van der Waals surface area contributed by atoms with Crippen LogP contribution in [0.25, 0.3) is 4.85 Å². The Labute approximate surface area is 460 Å². The van der Waals surface area contributed by atoms with E-state index in [0.29, 0.717) is 67.6 Å². The molecule has 0 heterocycles. The third-order valence-electron chi connectivity index (χ3n) is 23.8. The molecule has 0 spiro atoms. The molecule has 19 heteroatoms. The monoisotopic (exact) mass is 1120 g/mol. The van der Waals surface area contributed by atoms with Crippen molar-refractivity contribution in [3.05, 3.63) is 4.85 Å². The average Bonchev–Trinajstić information content (AvgIpc) is 4.12. The number of nitrogens with one attached hydrogen (secondary N) is 4. The van der Waals surface area contributed by atoms with E-state index in [0.717, 1.165) is 96.3 Å². The number of carbonyl (C=O) groups excluding carboxylic acids is 4. The molecule has 17 nitrogen and oxygen atoms in total. The zero-order valence-electron chi connectivity index (χ0n) is 47.1. The lowest BCUT2D eigenvalue weighted by Crippen LogP contribution is -2.68. The highest BCUT2D eigenvalue weighted by atomic mass is 32.2. The molecule has 0 saturated heterocycles. The van der Waals surface area contributed by atoms with Crippen LogP contribution in [0.2, 0.25) is 0 Å². The minimum atomic E-state index is -4.15. The maximum Gasteiger partial charge on any atom is 0.312 e. The maximum absolute atomic E-state index is 13.5. The maximum atomic E-state index is 13.5. The molecule has 8 saturated carbocycles. The second-order valence-corrected chi connectivity index (χ2v) is 30.7. The number of hydrogen-bond acceptors (Lipinski definition) is 10. The molecule has 0 aliphatic heterocycles. The van der Waals surface area contributed by atoms with Gasteiger partial charge in [0.05, 0.1) is 29.4 Å². The summed E-state index contributed by atoms with van der Waals surface area (Å²) in [5.74, 6) is 1.50. The van der Waals surface area contributed by atoms with Gasteiger partial charge in [0.1, 0.15) is 6.10 Å². The third-order valence-corrected chi connectivity index (χ3v) is 25.2. The number of nitrogens with zero attached hydrogens (tertiary/aromatic N) is 1. The van der Waals surface area contributed by atoms with Crippen molar-refractivity contribution in [1.82, 2.24) is 21.3 Å². The Morgan fingerprint density at radius 2 is 1.04 bits per heavy atom. The quantitative estimate of drug-likeness (QED) is 0.0558. The average molecular weight is 1120 g/mol. The van der Waals surface area contributed by atoms with Crippen LogP contribution in [0.3, 0.4) is 0 Å². The van der Waals surface area contributed by atoms with E-state index < -0.39 is 49.5 Å². The summed E-state index contributed by atoms with van der Waals surface area (Å²) in [4.78, 5) is 56.7. The molecule has 77 heavy (non-hydrogen) atoms. The highest BCUT2D eigenvalue weighted by molar-refractivity contribution is 7.86. The van der Waals surface area contributed by atoms with Gasteiger partial charge in [-0.1, -0.05) is 46.4 Å². The van der Waals surface area contributed by atoms with Crippen molar-refractivity contribution >= 4 is 43.9 Å². The molecule has 4 amide bonds. The van der Waals surface area contributed by atoms with Gasteiger partial charge in [-0.3, -0.25) is 28.3 Å². The molecule has 0 aromatic carbocycles. The van der Waals surface area contributed by atoms with E-state index in [-0.39, 0.29) is 119 Å². The van der Waals surface area contributed by atoms with E-state index in [9.17, 15) is 46.2 Å². The molecule has 0 aromatic rings. The van der Waals surface area contributed by atoms with Gasteiger partial charge in [-0.2, -0.15) is 16.8 Å². The molecule has 8 fully saturated rings. The zero-order valence-corrected chi connectivity index (χ0v) is 48.8. The fraction of sp³-hybridized carbons (Fsp3) is 0.914. The standard InChI is InChI=1S/C58H95N5O12S2/c1-35(11-17-49(66)60-27-29-76(70,71)72)41-13-14-43-53-44(21-25-56(41,43)5)54(3)23-19-39(31-37(54)33-45(53)64)62-51(68)9-8-10-52(69)63-40-20-24-55(4)38(32-40)34-48(65)58(59-7)46-16-15-42(57(46,6)26-22-47(55)58)36(2)12-18-50(67)61-28-30-77(73,74)75/h7,35-48,53,64-65H,8-34H2,1-6H3,(H5-,60,61,62,63,66,67,68,69,70,71,72,73,74,75)/p+1/t35-,36-,37?,38?,39-,40-,41-,42-,43+,44+,45+,46-,47-,48+,53+,54+,55+,56-,57-,58-/m1/s1. The highest BCUT2D eigenvalue weighted by Gasteiger charge is 2.77. The van der Waals surface area contributed by atoms with Crippen LogP contribution in [0.15, 0.2) is 0 Å². The van der Waals surface area contributed by atoms with E-state index in [1.54, 1.807) is 0 Å². The Kier molecular flexibility index (Phi) is 18.1. The minimum absolute atomic E-state index is 0.0144. The summed E-state index contributed by atoms with van der Waals surface area (Å²) >= 11 is 0. The van der Waals surface area contributed by atoms with Gasteiger partial charge in [-0.05, 0) is 197 Å². The summed E-state index contributed by atoms with van der Waals surface area (Å²) in [7, 11) is -8.28. The molecule has 8 aliphatic rings. The Balaban J connectivity index is 0.766. The molecule has 0 bridgehead atoms. The van der Waals surface area contributed by atoms with Crippen molar-refractivity contribution in [2.75, 3.05) is 24.6 Å². The molecule has 8 rings (SSSR count). The van der Waals surface area contributed by atoms with Crippen LogP contribution in [-0.2, 0) is 39.4 Å². The summed E-state index contributed by atoms with van der Waals surface area (Å²) in [5, 5.41) is 36.1. The molecular formula is C58H96N5O12S2+. The van der Waals surface area contributed by atoms with E-state index in [1.165, 1.54) is 0 Å². The SMILES string of the molecule is C#[N+][C@]12[C@@H]3CC[C@H]([C@H](C)CCC(=O)NCCS(=O)(=O)O)[C@@]3(C)CC[C@@H]1[C@@]1(C)CC[C@@H](NC(=O)CCCC(=O)N[C@@H]3CC[C@@]4(C)C(C3)C[C@H](O)[C@H]3[C@@H]5CC[C@H]([C@H](C)CCC(=O)NCCS(=O)(=O)O)[C@@]5(C)CC[C@@H]34)CC1C[C@@H]2O. The first-order chi connectivity index (χ1) is 36.1. The van der Waals surface area contributed by atoms with Crippen molar-refractivity contribution in [3.8, 4) is 6.57 Å². The van der Waals surface area contributed by atoms with Gasteiger partial charge in [0.2, 0.25) is 23.6 Å². The lowest BCUT2D eigenvalue weighted by molar-refractivity contribution is -0.167. The number of aliphatic hydroxyl groups is 2. The first-order valence-electron chi connectivity index (χ1n) is 29.9. The van der Waals surface area contributed by atoms with Crippen LogP contribution in [0.5, 0.6) is 0 Å². The number of amides is 4.